The lowest BCUT2D eigenvalue weighted by Crippen LogP contribution is -2.14. The van der Waals surface area contributed by atoms with Crippen molar-refractivity contribution < 1.29 is 22.4 Å². The minimum Gasteiger partial charge on any atom is -0.304 e. The van der Waals surface area contributed by atoms with Gasteiger partial charge in [-0.05, 0) is 30.7 Å². The van der Waals surface area contributed by atoms with Crippen LogP contribution >= 0.6 is 23.2 Å². The maximum atomic E-state index is 13.3. The molecule has 0 aliphatic carbocycles. The van der Waals surface area contributed by atoms with E-state index in [1.165, 1.54) is 0 Å². The lowest BCUT2D eigenvalue weighted by Gasteiger charge is -2.06. The van der Waals surface area contributed by atoms with Gasteiger partial charge in [0.2, 0.25) is 0 Å². The van der Waals surface area contributed by atoms with Gasteiger partial charge in [0.15, 0.2) is 17.2 Å². The third-order valence-electron chi connectivity index (χ3n) is 4.69. The van der Waals surface area contributed by atoms with Crippen LogP contribution in [0.5, 0.6) is 0 Å². The van der Waals surface area contributed by atoms with Crippen LogP contribution in [-0.2, 0) is 6.54 Å². The number of alkyl halides is 4. The molecule has 0 saturated carbocycles. The SMILES string of the molecule is Cc1cc(NC(=O)c2cc3nc(C(F)F)cc(C(F)F)n3n2)nn1Cc1ccc(Cl)c(Cl)c1. The third-order valence-corrected chi connectivity index (χ3v) is 5.43. The molecule has 0 bridgehead atoms. The monoisotopic (exact) mass is 500 g/mol. The number of aryl methyl sites for hydroxylation is 1. The summed E-state index contributed by atoms with van der Waals surface area (Å²) in [5.41, 5.74) is -0.664. The van der Waals surface area contributed by atoms with Crippen LogP contribution in [0.25, 0.3) is 5.65 Å². The van der Waals surface area contributed by atoms with Gasteiger partial charge in [0.05, 0.1) is 16.6 Å². The second kappa shape index (κ2) is 8.99. The highest BCUT2D eigenvalue weighted by Crippen LogP contribution is 2.26. The number of carbonyl (C=O) groups is 1. The lowest BCUT2D eigenvalue weighted by molar-refractivity contribution is 0.102. The molecule has 0 aliphatic rings. The van der Waals surface area contributed by atoms with Crippen LogP contribution in [0.2, 0.25) is 10.0 Å². The van der Waals surface area contributed by atoms with Gasteiger partial charge in [-0.3, -0.25) is 9.48 Å². The fourth-order valence-electron chi connectivity index (χ4n) is 3.12. The van der Waals surface area contributed by atoms with E-state index >= 15 is 0 Å². The molecule has 1 N–H and O–H groups in total. The van der Waals surface area contributed by atoms with Gasteiger partial charge in [0.1, 0.15) is 11.4 Å². The number of nitrogens with one attached hydrogen (secondary N) is 1. The minimum absolute atomic E-state index is 0.185. The Kier molecular flexibility index (Phi) is 6.26. The molecule has 3 heterocycles. The number of fused-ring (bicyclic) bond motifs is 1. The number of aromatic nitrogens is 5. The summed E-state index contributed by atoms with van der Waals surface area (Å²) in [5, 5.41) is 11.4. The fraction of sp³-hybridized carbons (Fsp3) is 0.200. The highest BCUT2D eigenvalue weighted by Gasteiger charge is 2.22. The number of hydrogen-bond donors (Lipinski definition) is 1. The van der Waals surface area contributed by atoms with E-state index in [1.807, 2.05) is 0 Å². The zero-order valence-electron chi connectivity index (χ0n) is 16.7. The van der Waals surface area contributed by atoms with E-state index in [-0.39, 0.29) is 17.2 Å². The van der Waals surface area contributed by atoms with E-state index in [0.717, 1.165) is 17.3 Å². The van der Waals surface area contributed by atoms with E-state index in [2.05, 4.69) is 20.5 Å². The molecule has 0 aliphatic heterocycles. The molecule has 4 rings (SSSR count). The first-order valence-corrected chi connectivity index (χ1v) is 10.1. The molecule has 7 nitrogen and oxygen atoms in total. The van der Waals surface area contributed by atoms with Gasteiger partial charge >= 0.3 is 0 Å². The fourth-order valence-corrected chi connectivity index (χ4v) is 3.44. The first-order chi connectivity index (χ1) is 15.6. The second-order valence-corrected chi connectivity index (χ2v) is 7.85. The molecule has 172 valence electrons. The summed E-state index contributed by atoms with van der Waals surface area (Å²) >= 11 is 12.0. The van der Waals surface area contributed by atoms with Crippen LogP contribution in [0.4, 0.5) is 23.4 Å². The second-order valence-electron chi connectivity index (χ2n) is 7.04. The van der Waals surface area contributed by atoms with Crippen LogP contribution in [0.3, 0.4) is 0 Å². The summed E-state index contributed by atoms with van der Waals surface area (Å²) in [6, 6.07) is 8.35. The molecule has 0 unspecified atom stereocenters. The van der Waals surface area contributed by atoms with E-state index in [9.17, 15) is 22.4 Å². The Morgan fingerprint density at radius 2 is 1.79 bits per heavy atom. The molecule has 33 heavy (non-hydrogen) atoms. The average molecular weight is 501 g/mol. The number of carbonyl (C=O) groups excluding carboxylic acids is 1. The predicted octanol–water partition coefficient (Wildman–Crippen LogP) is 5.72. The van der Waals surface area contributed by atoms with Gasteiger partial charge in [-0.15, -0.1) is 0 Å². The molecule has 0 saturated heterocycles. The number of benzene rings is 1. The minimum atomic E-state index is -3.09. The Morgan fingerprint density at radius 3 is 2.45 bits per heavy atom. The van der Waals surface area contributed by atoms with Gasteiger partial charge in [-0.2, -0.15) is 10.2 Å². The Labute approximate surface area is 193 Å². The van der Waals surface area contributed by atoms with Crippen LogP contribution in [0, 0.1) is 6.92 Å². The first-order valence-electron chi connectivity index (χ1n) is 9.39. The van der Waals surface area contributed by atoms with Crippen LogP contribution in [-0.4, -0.2) is 30.3 Å². The van der Waals surface area contributed by atoms with Crippen molar-refractivity contribution in [3.63, 3.8) is 0 Å². The van der Waals surface area contributed by atoms with Gasteiger partial charge in [0.25, 0.3) is 18.8 Å². The molecular formula is C20H14Cl2F4N6O. The number of nitrogens with zero attached hydrogens (tertiary/aromatic N) is 5. The van der Waals surface area contributed by atoms with Crippen molar-refractivity contribution in [3.8, 4) is 0 Å². The molecule has 13 heteroatoms. The highest BCUT2D eigenvalue weighted by molar-refractivity contribution is 6.42. The Morgan fingerprint density at radius 1 is 1.03 bits per heavy atom. The Hall–Kier alpha value is -3.18. The number of hydrogen-bond acceptors (Lipinski definition) is 4. The summed E-state index contributed by atoms with van der Waals surface area (Å²) in [5.74, 6) is -0.580. The Balaban J connectivity index is 1.57. The topological polar surface area (TPSA) is 77.1 Å². The number of anilines is 1. The van der Waals surface area contributed by atoms with Crippen molar-refractivity contribution in [2.24, 2.45) is 0 Å². The average Bonchev–Trinajstić information content (AvgIpc) is 3.33. The molecule has 0 radical (unpaired) electrons. The number of rotatable bonds is 6. The predicted molar refractivity (Wildman–Crippen MR) is 113 cm³/mol. The first kappa shape index (κ1) is 23.0. The largest absolute Gasteiger partial charge is 0.304 e. The van der Waals surface area contributed by atoms with E-state index in [0.29, 0.717) is 27.2 Å². The maximum absolute atomic E-state index is 13.3. The van der Waals surface area contributed by atoms with Gasteiger partial charge in [-0.25, -0.2) is 27.1 Å². The summed E-state index contributed by atoms with van der Waals surface area (Å²) in [4.78, 5) is 16.2. The zero-order valence-corrected chi connectivity index (χ0v) is 18.2. The van der Waals surface area contributed by atoms with Crippen molar-refractivity contribution in [1.82, 2.24) is 24.4 Å². The standard InChI is InChI=1S/C20H14Cl2F4N6O/c1-9-4-16(30-31(9)8-10-2-3-11(21)12(22)5-10)28-20(33)14-7-17-27-13(18(23)24)6-15(19(25)26)32(17)29-14/h2-7,18-19H,8H2,1H3,(H,28,30,33). The number of halogens is 6. The zero-order chi connectivity index (χ0) is 23.9. The highest BCUT2D eigenvalue weighted by atomic mass is 35.5. The van der Waals surface area contributed by atoms with Crippen molar-refractivity contribution in [3.05, 3.63) is 74.8 Å². The van der Waals surface area contributed by atoms with Crippen molar-refractivity contribution in [2.75, 3.05) is 5.32 Å². The van der Waals surface area contributed by atoms with E-state index in [1.54, 1.807) is 35.9 Å². The van der Waals surface area contributed by atoms with Crippen molar-refractivity contribution in [1.29, 1.82) is 0 Å². The van der Waals surface area contributed by atoms with Crippen LogP contribution in [0.1, 0.15) is 46.0 Å². The van der Waals surface area contributed by atoms with Gasteiger partial charge in [0, 0.05) is 17.8 Å². The van der Waals surface area contributed by atoms with Crippen molar-refractivity contribution in [2.45, 2.75) is 26.3 Å². The van der Waals surface area contributed by atoms with Gasteiger partial charge < -0.3 is 5.32 Å². The normalized spacial score (nSPS) is 11.7. The van der Waals surface area contributed by atoms with Crippen LogP contribution in [0.15, 0.2) is 36.4 Å². The van der Waals surface area contributed by atoms with E-state index in [4.69, 9.17) is 23.2 Å². The van der Waals surface area contributed by atoms with E-state index < -0.39 is 30.1 Å². The number of amides is 1. The van der Waals surface area contributed by atoms with Crippen LogP contribution < -0.4 is 5.32 Å². The molecule has 0 atom stereocenters. The Bertz CT molecular complexity index is 1350. The quantitative estimate of drug-likeness (QED) is 0.343. The summed E-state index contributed by atoms with van der Waals surface area (Å²) in [6.07, 6.45) is -6.15. The third kappa shape index (κ3) is 4.79. The molecule has 1 aromatic carbocycles. The molecule has 0 spiro atoms. The lowest BCUT2D eigenvalue weighted by atomic mass is 10.2. The summed E-state index contributed by atoms with van der Waals surface area (Å²) in [6.45, 7) is 2.13. The summed E-state index contributed by atoms with van der Waals surface area (Å²) < 4.78 is 54.9. The maximum Gasteiger partial charge on any atom is 0.280 e. The smallest absolute Gasteiger partial charge is 0.280 e. The van der Waals surface area contributed by atoms with Gasteiger partial charge in [-0.1, -0.05) is 29.3 Å². The molecule has 4 aromatic rings. The molecule has 3 aromatic heterocycles. The van der Waals surface area contributed by atoms with Crippen molar-refractivity contribution >= 4 is 40.6 Å². The molecular weight excluding hydrogens is 487 g/mol. The molecule has 1 amide bonds. The summed E-state index contributed by atoms with van der Waals surface area (Å²) in [7, 11) is 0. The molecule has 0 fully saturated rings.